The Labute approximate surface area is 251 Å². The van der Waals surface area contributed by atoms with Gasteiger partial charge in [0.1, 0.15) is 5.70 Å². The van der Waals surface area contributed by atoms with Crippen molar-refractivity contribution in [3.05, 3.63) is 63.2 Å². The number of hydrogen-bond donors (Lipinski definition) is 3. The zero-order chi connectivity index (χ0) is 32.3. The highest BCUT2D eigenvalue weighted by molar-refractivity contribution is 6.06. The van der Waals surface area contributed by atoms with E-state index < -0.39 is 60.0 Å². The number of aryl methyl sites for hydroxylation is 1. The fraction of sp³-hybridized carbons (Fsp3) is 0.448. The van der Waals surface area contributed by atoms with Gasteiger partial charge in [-0.25, -0.2) is 14.4 Å². The predicted molar refractivity (Wildman–Crippen MR) is 151 cm³/mol. The molecule has 2 aliphatic heterocycles. The first-order chi connectivity index (χ1) is 20.7. The summed E-state index contributed by atoms with van der Waals surface area (Å²) in [6, 6.07) is 6.58. The summed E-state index contributed by atoms with van der Waals surface area (Å²) in [7, 11) is 0. The molecule has 3 atom stereocenters. The van der Waals surface area contributed by atoms with Crippen molar-refractivity contribution in [1.82, 2.24) is 10.2 Å². The average Bonchev–Trinajstić information content (AvgIpc) is 3.45. The lowest BCUT2D eigenvalue weighted by Crippen LogP contribution is -2.61. The normalized spacial score (nSPS) is 18.8. The van der Waals surface area contributed by atoms with Crippen molar-refractivity contribution in [2.75, 3.05) is 6.79 Å². The maximum atomic E-state index is 13.2. The molecular weight excluding hydrogens is 580 g/mol. The Bertz CT molecular complexity index is 1580. The first kappa shape index (κ1) is 32.0. The third kappa shape index (κ3) is 6.99. The second kappa shape index (κ2) is 12.8. The summed E-state index contributed by atoms with van der Waals surface area (Å²) < 4.78 is 24.6. The number of carbonyl (C=O) groups excluding carboxylic acids is 4. The van der Waals surface area contributed by atoms with E-state index >= 15 is 0 Å². The second-order valence-electron chi connectivity index (χ2n) is 11.3. The molecule has 236 valence electrons. The van der Waals surface area contributed by atoms with Crippen LogP contribution in [0.2, 0.25) is 0 Å². The third-order valence-corrected chi connectivity index (χ3v) is 7.04. The number of β-lactam (4-membered cyclic amide) rings is 1. The van der Waals surface area contributed by atoms with E-state index in [1.165, 1.54) is 18.7 Å². The minimum absolute atomic E-state index is 0.0151. The number of benzene rings is 1. The highest BCUT2D eigenvalue weighted by atomic mass is 16.7. The number of hydrogen-bond acceptors (Lipinski definition) is 11. The monoisotopic (exact) mass is 614 g/mol. The summed E-state index contributed by atoms with van der Waals surface area (Å²) in [4.78, 5) is 66.2. The van der Waals surface area contributed by atoms with E-state index in [9.17, 15) is 29.1 Å². The molecule has 0 unspecified atom stereocenters. The molecule has 0 bridgehead atoms. The largest absolute Gasteiger partial charge is 0.519 e. The number of esters is 2. The van der Waals surface area contributed by atoms with Crippen molar-refractivity contribution >= 4 is 35.5 Å². The fourth-order valence-corrected chi connectivity index (χ4v) is 4.80. The summed E-state index contributed by atoms with van der Waals surface area (Å²) >= 11 is 0. The van der Waals surface area contributed by atoms with Gasteiger partial charge < -0.3 is 44.1 Å². The first-order valence-corrected chi connectivity index (χ1v) is 13.7. The molecule has 1 fully saturated rings. The zero-order valence-electron chi connectivity index (χ0n) is 24.9. The Hall–Kier alpha value is -4.92. The number of aliphatic hydroxyl groups excluding tert-OH is 1. The van der Waals surface area contributed by atoms with Crippen molar-refractivity contribution in [2.45, 2.75) is 66.3 Å². The number of nitrogens with one attached hydrogen (secondary N) is 1. The minimum Gasteiger partial charge on any atom is -0.440 e. The molecule has 1 aromatic carbocycles. The van der Waals surface area contributed by atoms with E-state index in [2.05, 4.69) is 10.3 Å². The van der Waals surface area contributed by atoms with Crippen molar-refractivity contribution in [3.63, 3.8) is 0 Å². The van der Waals surface area contributed by atoms with Gasteiger partial charge in [0.05, 0.1) is 23.5 Å². The number of fused-ring (bicyclic) bond motifs is 1. The van der Waals surface area contributed by atoms with Gasteiger partial charge in [0.2, 0.25) is 12.7 Å². The summed E-state index contributed by atoms with van der Waals surface area (Å²) in [6.07, 6.45) is -1.66. The minimum atomic E-state index is -1.03. The molecule has 2 amide bonds. The van der Waals surface area contributed by atoms with Crippen molar-refractivity contribution < 1.29 is 47.3 Å². The third-order valence-electron chi connectivity index (χ3n) is 7.04. The van der Waals surface area contributed by atoms with Crippen LogP contribution in [0, 0.1) is 18.3 Å². The van der Waals surface area contributed by atoms with Crippen LogP contribution in [-0.2, 0) is 41.7 Å². The molecule has 15 heteroatoms. The van der Waals surface area contributed by atoms with Crippen LogP contribution in [0.25, 0.3) is 5.57 Å². The van der Waals surface area contributed by atoms with Gasteiger partial charge in [-0.3, -0.25) is 9.59 Å². The first-order valence-electron chi connectivity index (χ1n) is 13.7. The Morgan fingerprint density at radius 2 is 1.91 bits per heavy atom. The second-order valence-corrected chi connectivity index (χ2v) is 11.3. The lowest BCUT2D eigenvalue weighted by atomic mass is 9.82. The number of ether oxygens (including phenoxy) is 3. The predicted octanol–water partition coefficient (Wildman–Crippen LogP) is 1.69. The molecule has 4 N–H and O–H groups in total. The van der Waals surface area contributed by atoms with Crippen molar-refractivity contribution in [1.29, 1.82) is 0 Å². The Morgan fingerprint density at radius 1 is 1.18 bits per heavy atom. The number of aliphatic imine (C=N–C) groups is 1. The number of guanidine groups is 1. The van der Waals surface area contributed by atoms with Crippen LogP contribution in [0.15, 0.2) is 48.6 Å². The van der Waals surface area contributed by atoms with Gasteiger partial charge in [0.15, 0.2) is 24.1 Å². The number of nitrogens with two attached hydrogens (primary N) is 1. The van der Waals surface area contributed by atoms with Gasteiger partial charge in [0, 0.05) is 6.54 Å². The quantitative estimate of drug-likeness (QED) is 0.121. The van der Waals surface area contributed by atoms with Gasteiger partial charge >= 0.3 is 23.9 Å². The maximum absolute atomic E-state index is 13.2. The van der Waals surface area contributed by atoms with E-state index in [0.29, 0.717) is 16.7 Å². The van der Waals surface area contributed by atoms with Crippen LogP contribution in [-0.4, -0.2) is 58.8 Å². The summed E-state index contributed by atoms with van der Waals surface area (Å²) in [5.41, 5.74) is 6.86. The number of nitrogens with zero attached hydrogens (tertiary/aromatic N) is 2. The van der Waals surface area contributed by atoms with Crippen LogP contribution in [0.4, 0.5) is 4.79 Å². The van der Waals surface area contributed by atoms with Crippen molar-refractivity contribution in [3.8, 4) is 0 Å². The van der Waals surface area contributed by atoms with Gasteiger partial charge in [-0.05, 0) is 63.8 Å². The standard InChI is InChI=1S/C29H34N4O11/c1-14(34)21-19-10-18(22(33(19)23(21)35)24(36)41-13-42-25(37)29(3,4)5)17-8-6-7-16(9-17)11-31-26(30)32-27(38)40-12-20-15(2)43-28(39)44-20/h6-9,14,19,21,34H,10-13H2,1-5H3,(H3,30,31,32,38)/t14-,19-,21-/m1/s1. The molecular formula is C29H34N4O11. The molecule has 2 aromatic rings. The molecule has 0 aliphatic carbocycles. The SMILES string of the molecule is Cc1oc(=O)oc1COC(=O)/N=C(/N)NCc1cccc(C2=C(C(=O)OCOC(=O)C(C)(C)C)N3C(=O)[C@H]([C@@H](C)O)[C@H]3C2)c1. The molecule has 4 rings (SSSR count). The fourth-order valence-electron chi connectivity index (χ4n) is 4.80. The highest BCUT2D eigenvalue weighted by Crippen LogP contribution is 2.47. The van der Waals surface area contributed by atoms with E-state index in [-0.39, 0.29) is 42.7 Å². The Balaban J connectivity index is 1.46. The van der Waals surface area contributed by atoms with Gasteiger partial charge in [-0.1, -0.05) is 18.2 Å². The maximum Gasteiger partial charge on any atom is 0.519 e. The molecule has 1 aromatic heterocycles. The van der Waals surface area contributed by atoms with Crippen LogP contribution >= 0.6 is 0 Å². The average molecular weight is 615 g/mol. The smallest absolute Gasteiger partial charge is 0.440 e. The summed E-state index contributed by atoms with van der Waals surface area (Å²) in [6.45, 7) is 7.11. The van der Waals surface area contributed by atoms with Gasteiger partial charge in [0.25, 0.3) is 0 Å². The zero-order valence-corrected chi connectivity index (χ0v) is 24.9. The topological polar surface area (TPSA) is 213 Å². The number of rotatable bonds is 9. The molecule has 0 spiro atoms. The van der Waals surface area contributed by atoms with Crippen molar-refractivity contribution in [2.24, 2.45) is 22.1 Å². The summed E-state index contributed by atoms with van der Waals surface area (Å²) in [5, 5.41) is 12.9. The molecule has 15 nitrogen and oxygen atoms in total. The molecule has 2 aliphatic rings. The van der Waals surface area contributed by atoms with E-state index in [1.54, 1.807) is 45.0 Å². The van der Waals surface area contributed by atoms with E-state index in [4.69, 9.17) is 28.8 Å². The molecule has 0 radical (unpaired) electrons. The van der Waals surface area contributed by atoms with E-state index in [0.717, 1.165) is 0 Å². The van der Waals surface area contributed by atoms with Gasteiger partial charge in [-0.15, -0.1) is 4.99 Å². The van der Waals surface area contributed by atoms with Gasteiger partial charge in [-0.2, -0.15) is 0 Å². The lowest BCUT2D eigenvalue weighted by molar-refractivity contribution is -0.175. The number of aliphatic hydroxyl groups is 1. The number of amides is 2. The molecule has 3 heterocycles. The van der Waals surface area contributed by atoms with Crippen LogP contribution < -0.4 is 16.9 Å². The summed E-state index contributed by atoms with van der Waals surface area (Å²) in [5.74, 6) is -3.43. The Morgan fingerprint density at radius 3 is 2.55 bits per heavy atom. The van der Waals surface area contributed by atoms with Crippen LogP contribution in [0.3, 0.4) is 0 Å². The van der Waals surface area contributed by atoms with Crippen LogP contribution in [0.1, 0.15) is 56.8 Å². The van der Waals surface area contributed by atoms with Crippen LogP contribution in [0.5, 0.6) is 0 Å². The molecule has 44 heavy (non-hydrogen) atoms. The number of carbonyl (C=O) groups is 4. The highest BCUT2D eigenvalue weighted by Gasteiger charge is 2.57. The Kier molecular flexibility index (Phi) is 9.27. The van der Waals surface area contributed by atoms with E-state index in [1.807, 2.05) is 0 Å². The lowest BCUT2D eigenvalue weighted by Gasteiger charge is -2.44. The molecule has 1 saturated heterocycles. The molecule has 0 saturated carbocycles.